The van der Waals surface area contributed by atoms with Crippen molar-refractivity contribution in [2.75, 3.05) is 51.7 Å². The molecule has 36 heteroatoms. The summed E-state index contributed by atoms with van der Waals surface area (Å²) in [5.41, 5.74) is 8.32. The van der Waals surface area contributed by atoms with Gasteiger partial charge in [0.2, 0.25) is 0 Å². The lowest BCUT2D eigenvalue weighted by Crippen LogP contribution is -2.30. The molecule has 0 aliphatic heterocycles. The van der Waals surface area contributed by atoms with Crippen molar-refractivity contribution in [1.82, 2.24) is 58.5 Å². The van der Waals surface area contributed by atoms with E-state index < -0.39 is 65.9 Å². The molecule has 0 bridgehead atoms. The van der Waals surface area contributed by atoms with Crippen LogP contribution in [0, 0.1) is 0 Å². The minimum absolute atomic E-state index is 0.0125. The molecule has 726 valence electrons. The van der Waals surface area contributed by atoms with Crippen LogP contribution < -0.4 is 60.3 Å². The summed E-state index contributed by atoms with van der Waals surface area (Å²) in [4.78, 5) is 90.1. The number of amides is 9. The van der Waals surface area contributed by atoms with E-state index in [-0.39, 0.29) is 47.6 Å². The molecule has 9 N–H and O–H groups in total. The first-order valence-corrected chi connectivity index (χ1v) is 49.4. The van der Waals surface area contributed by atoms with Crippen LogP contribution in [0.3, 0.4) is 0 Å². The number of urea groups is 3. The second-order valence-corrected chi connectivity index (χ2v) is 40.5. The summed E-state index contributed by atoms with van der Waals surface area (Å²) in [6.07, 6.45) is 12.8. The monoisotopic (exact) mass is 1960 g/mol. The second kappa shape index (κ2) is 45.1. The van der Waals surface area contributed by atoms with Gasteiger partial charge in [-0.3, -0.25) is 45.3 Å². The number of carbonyl (C=O) groups is 6. The maximum atomic E-state index is 13.5. The fraction of sp³-hybridized carbons (Fsp3) is 0.170. The third-order valence-corrected chi connectivity index (χ3v) is 25.7. The number of anilines is 6. The topological polar surface area (TPSA) is 433 Å². The molecule has 0 atom stereocenters. The summed E-state index contributed by atoms with van der Waals surface area (Å²) in [6.45, 7) is 19.5. The van der Waals surface area contributed by atoms with E-state index in [4.69, 9.17) is 29.5 Å². The van der Waals surface area contributed by atoms with Gasteiger partial charge in [-0.1, -0.05) is 153 Å². The molecule has 0 saturated carbocycles. The van der Waals surface area contributed by atoms with E-state index in [9.17, 15) is 54.0 Å². The molecule has 0 aliphatic rings. The molecular weight excluding hydrogens is 1860 g/mol. The van der Waals surface area contributed by atoms with Crippen LogP contribution in [0.2, 0.25) is 0 Å². The van der Waals surface area contributed by atoms with Gasteiger partial charge in [0.15, 0.2) is 0 Å². The van der Waals surface area contributed by atoms with E-state index in [1.54, 1.807) is 203 Å². The van der Waals surface area contributed by atoms with Gasteiger partial charge >= 0.3 is 18.1 Å². The Labute approximate surface area is 822 Å². The van der Waals surface area contributed by atoms with Gasteiger partial charge in [-0.05, 0) is 211 Å². The molecule has 16 aromatic rings. The van der Waals surface area contributed by atoms with Crippen molar-refractivity contribution >= 4 is 111 Å². The Kier molecular flexibility index (Phi) is 32.0. The molecular formula is C106H104N18O15S3. The van der Waals surface area contributed by atoms with Crippen molar-refractivity contribution in [3.63, 3.8) is 0 Å². The Balaban J connectivity index is 0.000000169. The zero-order valence-corrected chi connectivity index (χ0v) is 81.4. The number of aromatic nitrogens is 9. The van der Waals surface area contributed by atoms with Crippen LogP contribution in [0.25, 0.3) is 27.8 Å². The van der Waals surface area contributed by atoms with Crippen molar-refractivity contribution < 1.29 is 68.2 Å². The second-order valence-electron chi connectivity index (χ2n) is 35.4. The van der Waals surface area contributed by atoms with Crippen molar-refractivity contribution in [2.24, 2.45) is 0 Å². The van der Waals surface area contributed by atoms with Crippen LogP contribution >= 0.6 is 0 Å². The molecule has 33 nitrogen and oxygen atoms in total. The van der Waals surface area contributed by atoms with Crippen molar-refractivity contribution in [3.05, 3.63) is 391 Å². The number of hydrogen-bond acceptors (Lipinski definition) is 21. The Morgan fingerprint density at radius 1 is 0.303 bits per heavy atom. The molecule has 9 amide bonds. The van der Waals surface area contributed by atoms with Gasteiger partial charge in [-0.25, -0.2) is 67.8 Å². The van der Waals surface area contributed by atoms with Crippen LogP contribution in [0.5, 0.6) is 17.2 Å². The first-order valence-electron chi connectivity index (χ1n) is 44.9. The first kappa shape index (κ1) is 101. The van der Waals surface area contributed by atoms with Gasteiger partial charge in [-0.15, -0.1) is 0 Å². The van der Waals surface area contributed by atoms with E-state index in [1.165, 1.54) is 72.8 Å². The van der Waals surface area contributed by atoms with Gasteiger partial charge in [0.05, 0.1) is 74.3 Å². The average molecular weight is 1970 g/mol. The molecule has 0 spiro atoms. The van der Waals surface area contributed by atoms with Gasteiger partial charge in [0, 0.05) is 130 Å². The molecule has 10 aromatic carbocycles. The van der Waals surface area contributed by atoms with Crippen molar-refractivity contribution in [2.45, 2.75) is 113 Å². The molecule has 142 heavy (non-hydrogen) atoms. The lowest BCUT2D eigenvalue weighted by molar-refractivity contribution is 0.0972. The van der Waals surface area contributed by atoms with Crippen LogP contribution in [0.4, 0.5) is 48.9 Å². The first-order chi connectivity index (χ1) is 67.9. The predicted octanol–water partition coefficient (Wildman–Crippen LogP) is 19.0. The minimum atomic E-state index is -4.04. The maximum Gasteiger partial charge on any atom is 0.324 e. The number of carbonyl (C=O) groups excluding carboxylic acids is 6. The number of sulfonamides is 3. The number of benzene rings is 10. The molecule has 16 rings (SSSR count). The van der Waals surface area contributed by atoms with E-state index in [0.29, 0.717) is 95.1 Å². The number of rotatable bonds is 30. The third kappa shape index (κ3) is 27.5. The summed E-state index contributed by atoms with van der Waals surface area (Å²) in [5, 5.41) is 33.1. The van der Waals surface area contributed by atoms with E-state index in [2.05, 4.69) is 61.0 Å². The highest BCUT2D eigenvalue weighted by molar-refractivity contribution is 7.90. The van der Waals surface area contributed by atoms with E-state index in [0.717, 1.165) is 57.4 Å². The molecule has 6 aromatic heterocycles. The van der Waals surface area contributed by atoms with Crippen molar-refractivity contribution in [3.8, 4) is 34.3 Å². The van der Waals surface area contributed by atoms with E-state index >= 15 is 0 Å². The lowest BCUT2D eigenvalue weighted by atomic mass is 9.92. The summed E-state index contributed by atoms with van der Waals surface area (Å²) < 4.78 is 104. The maximum absolute atomic E-state index is 13.5. The molecule has 0 radical (unpaired) electrons. The highest BCUT2D eigenvalue weighted by Gasteiger charge is 2.29. The molecule has 0 fully saturated rings. The summed E-state index contributed by atoms with van der Waals surface area (Å²) in [7, 11) is -12.1. The zero-order chi connectivity index (χ0) is 101. The van der Waals surface area contributed by atoms with Crippen LogP contribution in [-0.2, 0) is 65.6 Å². The summed E-state index contributed by atoms with van der Waals surface area (Å²) in [5.74, 6) is 0.965. The van der Waals surface area contributed by atoms with E-state index in [1.807, 2.05) is 141 Å². The van der Waals surface area contributed by atoms with Crippen molar-refractivity contribution in [1.29, 1.82) is 0 Å². The van der Waals surface area contributed by atoms with Gasteiger partial charge < -0.3 is 30.2 Å². The average Bonchev–Trinajstić information content (AvgIpc) is 1.64. The SMILES string of the molecule is CC(C)(C)c1cc(NC(=O)Nc2ccc(OCCc3cccnc3)c3ccccc23)n(-c2ccc(C(=O)NS(=O)(=O)c3ccccc3)cc2)n1.CC(C)(C)c1cc(NC(=O)Nc2ccc(OCCc3cccnc3)cc2)n(-c2ccc(C(=O)NS(=O)(=O)c3ccccc3)cc2)n1.CC(C)(C)c1cc(NC(=O)Nc2ccc(OCCc3ccncc3)cc2)n(-c2ccc(C(=O)NS(=O)(=O)c3ccccc3)cc2)n1. The minimum Gasteiger partial charge on any atom is -0.493 e. The molecule has 0 aliphatic carbocycles. The predicted molar refractivity (Wildman–Crippen MR) is 545 cm³/mol. The fourth-order valence-corrected chi connectivity index (χ4v) is 17.0. The van der Waals surface area contributed by atoms with Gasteiger partial charge in [0.25, 0.3) is 47.8 Å². The number of ether oxygens (including phenoxy) is 3. The smallest absolute Gasteiger partial charge is 0.324 e. The highest BCUT2D eigenvalue weighted by atomic mass is 32.2. The standard InChI is InChI=1S/C38H36N6O5S.2C34H34N6O5S/c1-38(2,3)34-24-35(44(42-34)28-17-15-27(16-18-28)36(45)43-50(47,48)29-11-5-4-6-12-29)41-37(46)40-32-19-20-33(31-14-8-7-13-30(31)32)49-23-21-26-10-9-22-39-25-26;1-34(2,3)30-22-31(37-33(42)36-26-13-17-28(18-14-26)45-21-19-24-8-7-20-35-23-24)40(38-30)27-15-11-25(12-16-27)32(41)39-46(43,44)29-9-5-4-6-10-29;1-34(2,3)30-23-31(37-33(42)36-26-11-15-28(16-12-26)45-22-19-24-17-20-35-21-18-24)40(38-30)27-13-9-25(10-14-27)32(41)39-46(43,44)29-7-5-4-6-8-29/h4-20,22,24-25H,21,23H2,1-3H3,(H,43,45)(H2,40,41,46);4-18,20,22-23H,19,21H2,1-3H3,(H,39,41)(H2,36,37,42);4-18,20-21,23H,19,22H2,1-3H3,(H,39,41)(H2,36,37,42). The van der Waals surface area contributed by atoms with Crippen LogP contribution in [0.1, 0.15) is 127 Å². The lowest BCUT2D eigenvalue weighted by Gasteiger charge is -2.14. The number of hydrogen-bond donors (Lipinski definition) is 9. The Hall–Kier alpha value is -17.0. The molecule has 0 saturated heterocycles. The number of pyridine rings is 3. The third-order valence-electron chi connectivity index (χ3n) is 21.6. The van der Waals surface area contributed by atoms with Crippen LogP contribution in [-0.4, -0.2) is 125 Å². The molecule has 6 heterocycles. The Morgan fingerprint density at radius 2 is 0.627 bits per heavy atom. The fourth-order valence-electron chi connectivity index (χ4n) is 14.0. The summed E-state index contributed by atoms with van der Waals surface area (Å²) in [6, 6.07) is 82.8. The Morgan fingerprint density at radius 3 is 0.965 bits per heavy atom. The van der Waals surface area contributed by atoms with Gasteiger partial charge in [0.1, 0.15) is 34.7 Å². The summed E-state index contributed by atoms with van der Waals surface area (Å²) >= 11 is 0. The Bertz CT molecular complexity index is 7180. The largest absolute Gasteiger partial charge is 0.493 e. The number of fused-ring (bicyclic) bond motifs is 1. The number of nitrogens with one attached hydrogen (secondary N) is 9. The molecule has 0 unspecified atom stereocenters. The van der Waals surface area contributed by atoms with Gasteiger partial charge in [-0.2, -0.15) is 15.3 Å². The highest BCUT2D eigenvalue weighted by Crippen LogP contribution is 2.35. The quantitative estimate of drug-likeness (QED) is 0.0202. The number of nitrogens with zero attached hydrogens (tertiary/aromatic N) is 9. The zero-order valence-electron chi connectivity index (χ0n) is 78.9. The van der Waals surface area contributed by atoms with Crippen LogP contribution in [0.15, 0.2) is 355 Å². The normalized spacial score (nSPS) is 11.5.